The summed E-state index contributed by atoms with van der Waals surface area (Å²) in [6.07, 6.45) is 4.49. The van der Waals surface area contributed by atoms with Crippen molar-refractivity contribution in [2.45, 2.75) is 26.8 Å². The Morgan fingerprint density at radius 2 is 2.10 bits per heavy atom. The molecule has 0 radical (unpaired) electrons. The lowest BCUT2D eigenvalue weighted by molar-refractivity contribution is 0.0946. The monoisotopic (exact) mass is 290 g/mol. The molecular formula is C14H18N4OS. The van der Waals surface area contributed by atoms with Crippen molar-refractivity contribution in [3.05, 3.63) is 40.1 Å². The molecule has 0 aliphatic heterocycles. The van der Waals surface area contributed by atoms with E-state index in [0.717, 1.165) is 23.7 Å². The summed E-state index contributed by atoms with van der Waals surface area (Å²) < 4.78 is 0. The molecule has 0 aromatic carbocycles. The van der Waals surface area contributed by atoms with Crippen LogP contribution in [0.25, 0.3) is 0 Å². The van der Waals surface area contributed by atoms with E-state index in [1.807, 2.05) is 19.2 Å². The molecule has 0 bridgehead atoms. The van der Waals surface area contributed by atoms with Crippen molar-refractivity contribution < 1.29 is 4.79 Å². The predicted molar refractivity (Wildman–Crippen MR) is 81.1 cm³/mol. The van der Waals surface area contributed by atoms with Gasteiger partial charge in [0.05, 0.1) is 18.4 Å². The van der Waals surface area contributed by atoms with E-state index >= 15 is 0 Å². The Morgan fingerprint density at radius 3 is 2.70 bits per heavy atom. The smallest absolute Gasteiger partial charge is 0.270 e. The molecule has 0 aliphatic carbocycles. The Morgan fingerprint density at radius 1 is 1.25 bits per heavy atom. The molecular weight excluding hydrogens is 272 g/mol. The Kier molecular flexibility index (Phi) is 5.06. The second kappa shape index (κ2) is 7.00. The van der Waals surface area contributed by atoms with Crippen LogP contribution < -0.4 is 10.6 Å². The number of carbonyl (C=O) groups is 1. The van der Waals surface area contributed by atoms with Gasteiger partial charge in [0.1, 0.15) is 10.7 Å². The summed E-state index contributed by atoms with van der Waals surface area (Å²) in [5, 5.41) is 6.88. The highest BCUT2D eigenvalue weighted by atomic mass is 32.1. The maximum Gasteiger partial charge on any atom is 0.270 e. The third kappa shape index (κ3) is 3.77. The summed E-state index contributed by atoms with van der Waals surface area (Å²) in [5.41, 5.74) is 1.33. The van der Waals surface area contributed by atoms with E-state index in [9.17, 15) is 4.79 Å². The molecule has 5 nitrogen and oxygen atoms in total. The molecule has 0 unspecified atom stereocenters. The van der Waals surface area contributed by atoms with E-state index in [1.54, 1.807) is 23.6 Å². The van der Waals surface area contributed by atoms with Gasteiger partial charge in [0.2, 0.25) is 0 Å². The van der Waals surface area contributed by atoms with Crippen LogP contribution in [0.4, 0.5) is 5.69 Å². The normalized spacial score (nSPS) is 10.3. The molecule has 0 atom stereocenters. The fourth-order valence-corrected chi connectivity index (χ4v) is 2.48. The highest BCUT2D eigenvalue weighted by molar-refractivity contribution is 7.11. The molecule has 0 aliphatic rings. The second-order valence-corrected chi connectivity index (χ2v) is 5.42. The van der Waals surface area contributed by atoms with E-state index in [1.165, 1.54) is 4.88 Å². The Hall–Kier alpha value is -1.95. The summed E-state index contributed by atoms with van der Waals surface area (Å²) >= 11 is 1.62. The Balaban J connectivity index is 1.90. The summed E-state index contributed by atoms with van der Waals surface area (Å²) in [6, 6.07) is 3.57. The van der Waals surface area contributed by atoms with Gasteiger partial charge in [-0.2, -0.15) is 0 Å². The summed E-state index contributed by atoms with van der Waals surface area (Å²) in [4.78, 5) is 21.6. The minimum atomic E-state index is -0.179. The van der Waals surface area contributed by atoms with Crippen LogP contribution >= 0.6 is 11.3 Å². The lowest BCUT2D eigenvalue weighted by atomic mass is 10.3. The topological polar surface area (TPSA) is 66.9 Å². The van der Waals surface area contributed by atoms with Crippen LogP contribution in [-0.2, 0) is 13.0 Å². The molecule has 0 spiro atoms. The number of hydrogen-bond acceptors (Lipinski definition) is 5. The van der Waals surface area contributed by atoms with Crippen molar-refractivity contribution >= 4 is 22.9 Å². The number of aryl methyl sites for hydroxylation is 1. The third-order valence-electron chi connectivity index (χ3n) is 2.73. The van der Waals surface area contributed by atoms with Crippen LogP contribution in [0.5, 0.6) is 0 Å². The number of pyridine rings is 1. The maximum absolute atomic E-state index is 11.9. The van der Waals surface area contributed by atoms with Crippen LogP contribution in [-0.4, -0.2) is 22.4 Å². The minimum absolute atomic E-state index is 0.179. The van der Waals surface area contributed by atoms with Gasteiger partial charge in [-0.15, -0.1) is 11.3 Å². The van der Waals surface area contributed by atoms with Crippen molar-refractivity contribution in [3.63, 3.8) is 0 Å². The van der Waals surface area contributed by atoms with Crippen LogP contribution in [0.3, 0.4) is 0 Å². The van der Waals surface area contributed by atoms with Gasteiger partial charge in [-0.3, -0.25) is 4.79 Å². The van der Waals surface area contributed by atoms with Crippen LogP contribution in [0.1, 0.15) is 34.2 Å². The van der Waals surface area contributed by atoms with E-state index < -0.39 is 0 Å². The molecule has 0 fully saturated rings. The largest absolute Gasteiger partial charge is 0.384 e. The second-order valence-electron chi connectivity index (χ2n) is 4.22. The number of nitrogens with one attached hydrogen (secondary N) is 2. The van der Waals surface area contributed by atoms with Crippen LogP contribution in [0.15, 0.2) is 24.5 Å². The SMILES string of the molecule is CCNc1ccc(C(=O)NCc2ncc(CC)s2)nc1. The molecule has 1 amide bonds. The van der Waals surface area contributed by atoms with Crippen LogP contribution in [0, 0.1) is 0 Å². The third-order valence-corrected chi connectivity index (χ3v) is 3.87. The highest BCUT2D eigenvalue weighted by Crippen LogP contribution is 2.13. The van der Waals surface area contributed by atoms with Crippen molar-refractivity contribution in [2.24, 2.45) is 0 Å². The fourth-order valence-electron chi connectivity index (χ4n) is 1.68. The molecule has 0 saturated carbocycles. The summed E-state index contributed by atoms with van der Waals surface area (Å²) in [6.45, 7) is 5.38. The Labute approximate surface area is 122 Å². The molecule has 106 valence electrons. The van der Waals surface area contributed by atoms with Gasteiger partial charge in [0, 0.05) is 17.6 Å². The first-order valence-electron chi connectivity index (χ1n) is 6.64. The molecule has 20 heavy (non-hydrogen) atoms. The van der Waals surface area contributed by atoms with E-state index in [2.05, 4.69) is 27.5 Å². The van der Waals surface area contributed by atoms with E-state index in [-0.39, 0.29) is 5.91 Å². The zero-order chi connectivity index (χ0) is 14.4. The van der Waals surface area contributed by atoms with E-state index in [4.69, 9.17) is 0 Å². The number of hydrogen-bond donors (Lipinski definition) is 2. The number of thiazole rings is 1. The molecule has 2 heterocycles. The molecule has 2 aromatic heterocycles. The number of aromatic nitrogens is 2. The van der Waals surface area contributed by atoms with Gasteiger partial charge in [-0.25, -0.2) is 9.97 Å². The predicted octanol–water partition coefficient (Wildman–Crippen LogP) is 2.46. The Bertz CT molecular complexity index is 565. The number of nitrogens with zero attached hydrogens (tertiary/aromatic N) is 2. The van der Waals surface area contributed by atoms with Gasteiger partial charge in [-0.05, 0) is 25.5 Å². The van der Waals surface area contributed by atoms with Crippen molar-refractivity contribution in [1.82, 2.24) is 15.3 Å². The molecule has 6 heteroatoms. The standard InChI is InChI=1S/C14H18N4OS/c1-3-11-8-17-13(20-11)9-18-14(19)12-6-5-10(7-16-12)15-4-2/h5-8,15H,3-4,9H2,1-2H3,(H,18,19). The number of amides is 1. The van der Waals surface area contributed by atoms with Gasteiger partial charge in [0.15, 0.2) is 0 Å². The molecule has 2 rings (SSSR count). The fraction of sp³-hybridized carbons (Fsp3) is 0.357. The lowest BCUT2D eigenvalue weighted by Crippen LogP contribution is -2.23. The quantitative estimate of drug-likeness (QED) is 0.857. The van der Waals surface area contributed by atoms with Gasteiger partial charge < -0.3 is 10.6 Å². The maximum atomic E-state index is 11.9. The molecule has 2 aromatic rings. The molecule has 0 saturated heterocycles. The first-order chi connectivity index (χ1) is 9.72. The first kappa shape index (κ1) is 14.5. The van der Waals surface area contributed by atoms with E-state index in [0.29, 0.717) is 12.2 Å². The van der Waals surface area contributed by atoms with Gasteiger partial charge >= 0.3 is 0 Å². The van der Waals surface area contributed by atoms with Crippen molar-refractivity contribution in [2.75, 3.05) is 11.9 Å². The average molecular weight is 290 g/mol. The van der Waals surface area contributed by atoms with Crippen molar-refractivity contribution in [1.29, 1.82) is 0 Å². The summed E-state index contributed by atoms with van der Waals surface area (Å²) in [5.74, 6) is -0.179. The zero-order valence-electron chi connectivity index (χ0n) is 11.6. The number of anilines is 1. The minimum Gasteiger partial charge on any atom is -0.384 e. The number of rotatable bonds is 6. The molecule has 2 N–H and O–H groups in total. The highest BCUT2D eigenvalue weighted by Gasteiger charge is 2.08. The van der Waals surface area contributed by atoms with Gasteiger partial charge in [0.25, 0.3) is 5.91 Å². The summed E-state index contributed by atoms with van der Waals surface area (Å²) in [7, 11) is 0. The first-order valence-corrected chi connectivity index (χ1v) is 7.46. The average Bonchev–Trinajstić information content (AvgIpc) is 2.94. The zero-order valence-corrected chi connectivity index (χ0v) is 12.5. The lowest BCUT2D eigenvalue weighted by Gasteiger charge is -2.05. The number of carbonyl (C=O) groups excluding carboxylic acids is 1. The van der Waals surface area contributed by atoms with Gasteiger partial charge in [-0.1, -0.05) is 6.92 Å². The van der Waals surface area contributed by atoms with Crippen LogP contribution in [0.2, 0.25) is 0 Å². The van der Waals surface area contributed by atoms with Crippen molar-refractivity contribution in [3.8, 4) is 0 Å².